The second-order valence-electron chi connectivity index (χ2n) is 2.97. The predicted octanol–water partition coefficient (Wildman–Crippen LogP) is 0.936. The molecule has 1 aliphatic carbocycles. The number of ether oxygens (including phenoxy) is 1. The lowest BCUT2D eigenvalue weighted by atomic mass is 10.0. The monoisotopic (exact) mass is 130 g/mol. The third-order valence-corrected chi connectivity index (χ3v) is 2.13. The molecule has 2 unspecified atom stereocenters. The summed E-state index contributed by atoms with van der Waals surface area (Å²) in [6.45, 7) is 1.84. The minimum Gasteiger partial charge on any atom is -0.387 e. The number of aliphatic hydroxyl groups is 1. The van der Waals surface area contributed by atoms with E-state index in [-0.39, 0.29) is 6.10 Å². The van der Waals surface area contributed by atoms with E-state index in [1.54, 1.807) is 7.11 Å². The van der Waals surface area contributed by atoms with Crippen molar-refractivity contribution in [1.29, 1.82) is 0 Å². The average molecular weight is 130 g/mol. The van der Waals surface area contributed by atoms with Gasteiger partial charge in [0.05, 0.1) is 11.7 Å². The number of rotatable bonds is 1. The van der Waals surface area contributed by atoms with Gasteiger partial charge in [0, 0.05) is 7.11 Å². The van der Waals surface area contributed by atoms with Gasteiger partial charge in [-0.25, -0.2) is 0 Å². The Bertz CT molecular complexity index is 99.1. The number of methoxy groups -OCH3 is 1. The molecule has 1 rings (SSSR count). The fourth-order valence-corrected chi connectivity index (χ4v) is 1.49. The third kappa shape index (κ3) is 1.25. The van der Waals surface area contributed by atoms with E-state index in [0.717, 1.165) is 19.3 Å². The maximum absolute atomic E-state index is 9.53. The van der Waals surface area contributed by atoms with Crippen molar-refractivity contribution in [1.82, 2.24) is 0 Å². The van der Waals surface area contributed by atoms with E-state index in [4.69, 9.17) is 4.74 Å². The minimum atomic E-state index is -0.561. The van der Waals surface area contributed by atoms with Crippen molar-refractivity contribution >= 4 is 0 Å². The molecule has 0 aliphatic heterocycles. The van der Waals surface area contributed by atoms with Crippen LogP contribution in [0.15, 0.2) is 0 Å². The molecule has 1 saturated carbocycles. The molecule has 2 heteroatoms. The maximum atomic E-state index is 9.53. The van der Waals surface area contributed by atoms with Crippen LogP contribution in [0.25, 0.3) is 0 Å². The molecule has 0 aromatic heterocycles. The van der Waals surface area contributed by atoms with Crippen LogP contribution >= 0.6 is 0 Å². The molecule has 1 fully saturated rings. The molecule has 0 spiro atoms. The molecule has 54 valence electrons. The quantitative estimate of drug-likeness (QED) is 0.572. The van der Waals surface area contributed by atoms with Crippen LogP contribution in [0.1, 0.15) is 26.2 Å². The standard InChI is InChI=1S/C7H14O2/c1-7(8)5-3-4-6(7)9-2/h6,8H,3-5H2,1-2H3. The first-order valence-corrected chi connectivity index (χ1v) is 3.42. The van der Waals surface area contributed by atoms with Crippen LogP contribution in [0.4, 0.5) is 0 Å². The molecule has 0 bridgehead atoms. The summed E-state index contributed by atoms with van der Waals surface area (Å²) in [6.07, 6.45) is 3.04. The van der Waals surface area contributed by atoms with Crippen LogP contribution < -0.4 is 0 Å². The lowest BCUT2D eigenvalue weighted by Crippen LogP contribution is -2.34. The van der Waals surface area contributed by atoms with Crippen LogP contribution in [0.2, 0.25) is 0 Å². The highest BCUT2D eigenvalue weighted by molar-refractivity contribution is 4.88. The minimum absolute atomic E-state index is 0.0671. The van der Waals surface area contributed by atoms with E-state index >= 15 is 0 Å². The smallest absolute Gasteiger partial charge is 0.0880 e. The lowest BCUT2D eigenvalue weighted by Gasteiger charge is -2.23. The summed E-state index contributed by atoms with van der Waals surface area (Å²) < 4.78 is 5.08. The Kier molecular flexibility index (Phi) is 1.78. The van der Waals surface area contributed by atoms with Crippen molar-refractivity contribution in [2.24, 2.45) is 0 Å². The Morgan fingerprint density at radius 1 is 1.67 bits per heavy atom. The molecule has 1 N–H and O–H groups in total. The molecule has 0 radical (unpaired) electrons. The van der Waals surface area contributed by atoms with E-state index in [1.807, 2.05) is 6.92 Å². The molecule has 1 aliphatic rings. The highest BCUT2D eigenvalue weighted by Crippen LogP contribution is 2.30. The third-order valence-electron chi connectivity index (χ3n) is 2.13. The van der Waals surface area contributed by atoms with Gasteiger partial charge in [-0.2, -0.15) is 0 Å². The van der Waals surface area contributed by atoms with Crippen molar-refractivity contribution in [2.45, 2.75) is 37.9 Å². The summed E-state index contributed by atoms with van der Waals surface area (Å²) >= 11 is 0. The van der Waals surface area contributed by atoms with Gasteiger partial charge in [-0.3, -0.25) is 0 Å². The first-order valence-electron chi connectivity index (χ1n) is 3.42. The lowest BCUT2D eigenvalue weighted by molar-refractivity contribution is -0.0598. The van der Waals surface area contributed by atoms with Crippen LogP contribution in [0, 0.1) is 0 Å². The van der Waals surface area contributed by atoms with Crippen molar-refractivity contribution in [2.75, 3.05) is 7.11 Å². The topological polar surface area (TPSA) is 29.5 Å². The molecule has 0 aromatic carbocycles. The zero-order valence-corrected chi connectivity index (χ0v) is 6.05. The van der Waals surface area contributed by atoms with Gasteiger partial charge in [-0.1, -0.05) is 0 Å². The number of hydrogen-bond acceptors (Lipinski definition) is 2. The Morgan fingerprint density at radius 2 is 2.33 bits per heavy atom. The molecule has 0 amide bonds. The second kappa shape index (κ2) is 2.27. The zero-order valence-electron chi connectivity index (χ0n) is 6.05. The van der Waals surface area contributed by atoms with Crippen molar-refractivity contribution < 1.29 is 9.84 Å². The van der Waals surface area contributed by atoms with Gasteiger partial charge in [-0.15, -0.1) is 0 Å². The van der Waals surface area contributed by atoms with E-state index in [9.17, 15) is 5.11 Å². The van der Waals surface area contributed by atoms with Gasteiger partial charge in [0.2, 0.25) is 0 Å². The summed E-state index contributed by atoms with van der Waals surface area (Å²) in [4.78, 5) is 0. The fraction of sp³-hybridized carbons (Fsp3) is 1.00. The molecule has 0 heterocycles. The van der Waals surface area contributed by atoms with E-state index < -0.39 is 5.60 Å². The first-order chi connectivity index (χ1) is 4.17. The maximum Gasteiger partial charge on any atom is 0.0880 e. The fourth-order valence-electron chi connectivity index (χ4n) is 1.49. The molecule has 0 saturated heterocycles. The average Bonchev–Trinajstić information content (AvgIpc) is 2.08. The summed E-state index contributed by atoms with van der Waals surface area (Å²) in [5, 5.41) is 9.53. The Balaban J connectivity index is 2.52. The molecule has 0 aromatic rings. The van der Waals surface area contributed by atoms with Gasteiger partial charge in [0.25, 0.3) is 0 Å². The van der Waals surface area contributed by atoms with E-state index in [1.165, 1.54) is 0 Å². The van der Waals surface area contributed by atoms with Crippen LogP contribution in [-0.4, -0.2) is 23.9 Å². The SMILES string of the molecule is COC1CCCC1(C)O. The molecule has 2 atom stereocenters. The molecule has 9 heavy (non-hydrogen) atoms. The Labute approximate surface area is 55.8 Å². The van der Waals surface area contributed by atoms with Gasteiger partial charge in [0.1, 0.15) is 0 Å². The Morgan fingerprint density at radius 3 is 2.56 bits per heavy atom. The van der Waals surface area contributed by atoms with Crippen molar-refractivity contribution in [3.63, 3.8) is 0 Å². The zero-order chi connectivity index (χ0) is 6.91. The summed E-state index contributed by atoms with van der Waals surface area (Å²) in [7, 11) is 1.66. The summed E-state index contributed by atoms with van der Waals surface area (Å²) in [6, 6.07) is 0. The second-order valence-corrected chi connectivity index (χ2v) is 2.97. The number of hydrogen-bond donors (Lipinski definition) is 1. The van der Waals surface area contributed by atoms with Crippen molar-refractivity contribution in [3.8, 4) is 0 Å². The van der Waals surface area contributed by atoms with Crippen molar-refractivity contribution in [3.05, 3.63) is 0 Å². The van der Waals surface area contributed by atoms with Crippen LogP contribution in [-0.2, 0) is 4.74 Å². The van der Waals surface area contributed by atoms with Crippen LogP contribution in [0.3, 0.4) is 0 Å². The Hall–Kier alpha value is -0.0800. The van der Waals surface area contributed by atoms with Gasteiger partial charge >= 0.3 is 0 Å². The predicted molar refractivity (Wildman–Crippen MR) is 35.3 cm³/mol. The molecular formula is C7H14O2. The first kappa shape index (κ1) is 7.03. The highest BCUT2D eigenvalue weighted by Gasteiger charge is 2.36. The van der Waals surface area contributed by atoms with Gasteiger partial charge in [-0.05, 0) is 26.2 Å². The molecular weight excluding hydrogens is 116 g/mol. The highest BCUT2D eigenvalue weighted by atomic mass is 16.5. The van der Waals surface area contributed by atoms with Gasteiger partial charge in [0.15, 0.2) is 0 Å². The van der Waals surface area contributed by atoms with E-state index in [2.05, 4.69) is 0 Å². The summed E-state index contributed by atoms with van der Waals surface area (Å²) in [5.74, 6) is 0. The largest absolute Gasteiger partial charge is 0.387 e. The molecule has 2 nitrogen and oxygen atoms in total. The van der Waals surface area contributed by atoms with E-state index in [0.29, 0.717) is 0 Å². The normalized spacial score (nSPS) is 43.7. The summed E-state index contributed by atoms with van der Waals surface area (Å²) in [5.41, 5.74) is -0.561. The van der Waals surface area contributed by atoms with Crippen LogP contribution in [0.5, 0.6) is 0 Å². The van der Waals surface area contributed by atoms with Gasteiger partial charge < -0.3 is 9.84 Å².